The van der Waals surface area contributed by atoms with Crippen molar-refractivity contribution < 1.29 is 13.3 Å². The van der Waals surface area contributed by atoms with Crippen LogP contribution >= 0.6 is 11.6 Å². The van der Waals surface area contributed by atoms with Gasteiger partial charge in [0.05, 0.1) is 17.0 Å². The van der Waals surface area contributed by atoms with Crippen LogP contribution in [0.3, 0.4) is 0 Å². The van der Waals surface area contributed by atoms with Crippen LogP contribution in [-0.2, 0) is 11.0 Å². The van der Waals surface area contributed by atoms with E-state index in [0.717, 1.165) is 18.4 Å². The van der Waals surface area contributed by atoms with Gasteiger partial charge in [-0.1, -0.05) is 49.1 Å². The Morgan fingerprint density at radius 2 is 1.88 bits per heavy atom. The van der Waals surface area contributed by atoms with Crippen LogP contribution in [0.25, 0.3) is 12.2 Å². The van der Waals surface area contributed by atoms with E-state index in [-0.39, 0.29) is 11.7 Å². The zero-order valence-corrected chi connectivity index (χ0v) is 20.2. The third kappa shape index (κ3) is 6.09. The smallest absolute Gasteiger partial charge is 0.222 e. The van der Waals surface area contributed by atoms with E-state index in [2.05, 4.69) is 25.0 Å². The Kier molecular flexibility index (Phi) is 8.08. The number of nitrogens with zero attached hydrogens (tertiary/aromatic N) is 3. The summed E-state index contributed by atoms with van der Waals surface area (Å²) in [6.07, 6.45) is 12.8. The van der Waals surface area contributed by atoms with E-state index >= 15 is 0 Å². The maximum absolute atomic E-state index is 14.7. The Balaban J connectivity index is 1.46. The topological polar surface area (TPSA) is 89.0 Å². The van der Waals surface area contributed by atoms with E-state index in [4.69, 9.17) is 16.3 Å². The predicted molar refractivity (Wildman–Crippen MR) is 134 cm³/mol. The Bertz CT molecular complexity index is 1190. The third-order valence-electron chi connectivity index (χ3n) is 5.45. The molecule has 0 aliphatic heterocycles. The third-order valence-corrected chi connectivity index (χ3v) is 7.03. The molecule has 4 rings (SSSR count). The van der Waals surface area contributed by atoms with Gasteiger partial charge < -0.3 is 10.1 Å². The minimum absolute atomic E-state index is 0.174. The number of pyridine rings is 1. The molecule has 178 valence electrons. The fraction of sp³-hybridized carbons (Fsp3) is 0.292. The standard InChI is InChI=1S/C24H25ClFN5O2S/c1-33-23-17(12-11-16-14-27-24(28-15-16)29-18-7-3-2-4-8-18)13-20(26)22(30-23)31-34(32)21-10-6-5-9-19(21)25/h5-6,9-15,18H,2-4,7-8H2,1H3,(H,30,31)(H,27,28,29)/b12-11+. The van der Waals surface area contributed by atoms with Gasteiger partial charge in [0.2, 0.25) is 11.8 Å². The highest BCUT2D eigenvalue weighted by Crippen LogP contribution is 2.27. The minimum Gasteiger partial charge on any atom is -0.481 e. The lowest BCUT2D eigenvalue weighted by Gasteiger charge is -2.22. The maximum Gasteiger partial charge on any atom is 0.222 e. The van der Waals surface area contributed by atoms with Crippen LogP contribution in [0, 0.1) is 5.82 Å². The van der Waals surface area contributed by atoms with E-state index in [1.54, 1.807) is 48.8 Å². The van der Waals surface area contributed by atoms with Gasteiger partial charge in [0.15, 0.2) is 22.6 Å². The lowest BCUT2D eigenvalue weighted by atomic mass is 9.96. The van der Waals surface area contributed by atoms with Gasteiger partial charge >= 0.3 is 0 Å². The van der Waals surface area contributed by atoms with Gasteiger partial charge in [0.1, 0.15) is 0 Å². The lowest BCUT2D eigenvalue weighted by molar-refractivity contribution is 0.396. The number of benzene rings is 1. The minimum atomic E-state index is -1.79. The summed E-state index contributed by atoms with van der Waals surface area (Å²) in [4.78, 5) is 13.2. The highest BCUT2D eigenvalue weighted by atomic mass is 35.5. The van der Waals surface area contributed by atoms with E-state index in [1.807, 2.05) is 0 Å². The van der Waals surface area contributed by atoms with Gasteiger partial charge in [-0.25, -0.2) is 18.6 Å². The second kappa shape index (κ2) is 11.4. The molecule has 2 N–H and O–H groups in total. The molecule has 1 aliphatic carbocycles. The highest BCUT2D eigenvalue weighted by Gasteiger charge is 2.16. The van der Waals surface area contributed by atoms with Crippen LogP contribution in [0.2, 0.25) is 5.02 Å². The molecule has 34 heavy (non-hydrogen) atoms. The first kappa shape index (κ1) is 24.1. The van der Waals surface area contributed by atoms with Crippen LogP contribution in [0.1, 0.15) is 43.2 Å². The molecule has 3 aromatic rings. The van der Waals surface area contributed by atoms with Gasteiger partial charge in [-0.05, 0) is 37.1 Å². The highest BCUT2D eigenvalue weighted by molar-refractivity contribution is 7.86. The molecule has 1 aromatic carbocycles. The van der Waals surface area contributed by atoms with Gasteiger partial charge in [0, 0.05) is 29.6 Å². The van der Waals surface area contributed by atoms with Crippen LogP contribution in [-0.4, -0.2) is 32.3 Å². The van der Waals surface area contributed by atoms with Crippen molar-refractivity contribution >= 4 is 46.5 Å². The molecule has 1 saturated carbocycles. The number of anilines is 2. The molecule has 0 bridgehead atoms. The van der Waals surface area contributed by atoms with Gasteiger partial charge in [0.25, 0.3) is 0 Å². The molecule has 2 heterocycles. The largest absolute Gasteiger partial charge is 0.481 e. The number of aromatic nitrogens is 3. The summed E-state index contributed by atoms with van der Waals surface area (Å²) in [7, 11) is -0.361. The summed E-state index contributed by atoms with van der Waals surface area (Å²) >= 11 is 6.07. The first-order chi connectivity index (χ1) is 16.5. The maximum atomic E-state index is 14.7. The average molecular weight is 502 g/mol. The van der Waals surface area contributed by atoms with Crippen molar-refractivity contribution in [2.24, 2.45) is 0 Å². The molecule has 0 spiro atoms. The number of halogens is 2. The SMILES string of the molecule is COc1nc(NS(=O)c2ccccc2Cl)c(F)cc1/C=C/c1cnc(NC2CCCCC2)nc1. The lowest BCUT2D eigenvalue weighted by Crippen LogP contribution is -2.23. The summed E-state index contributed by atoms with van der Waals surface area (Å²) in [5, 5.41) is 3.69. The van der Waals surface area contributed by atoms with Gasteiger partial charge in [-0.2, -0.15) is 4.98 Å². The van der Waals surface area contributed by atoms with Crippen LogP contribution < -0.4 is 14.8 Å². The normalized spacial score (nSPS) is 15.3. The molecule has 0 amide bonds. The molecular weight excluding hydrogens is 477 g/mol. The molecule has 10 heteroatoms. The fourth-order valence-corrected chi connectivity index (χ4v) is 4.91. The summed E-state index contributed by atoms with van der Waals surface area (Å²) in [6, 6.07) is 8.30. The summed E-state index contributed by atoms with van der Waals surface area (Å²) in [5.74, 6) is -0.0954. The zero-order chi connectivity index (χ0) is 23.9. The molecule has 7 nitrogen and oxygen atoms in total. The number of methoxy groups -OCH3 is 1. The van der Waals surface area contributed by atoms with E-state index in [0.29, 0.717) is 27.5 Å². The average Bonchev–Trinajstić information content (AvgIpc) is 2.85. The van der Waals surface area contributed by atoms with Gasteiger partial charge in [-0.15, -0.1) is 0 Å². The zero-order valence-electron chi connectivity index (χ0n) is 18.6. The molecular formula is C24H25ClFN5O2S. The Morgan fingerprint density at radius 1 is 1.15 bits per heavy atom. The number of nitrogens with one attached hydrogen (secondary N) is 2. The van der Waals surface area contributed by atoms with Crippen molar-refractivity contribution in [2.45, 2.75) is 43.0 Å². The van der Waals surface area contributed by atoms with Crippen molar-refractivity contribution in [3.8, 4) is 5.88 Å². The first-order valence-corrected chi connectivity index (χ1v) is 12.5. The molecule has 1 fully saturated rings. The number of rotatable bonds is 8. The van der Waals surface area contributed by atoms with Crippen molar-refractivity contribution in [1.82, 2.24) is 15.0 Å². The number of ether oxygens (including phenoxy) is 1. The Morgan fingerprint density at radius 3 is 2.59 bits per heavy atom. The molecule has 1 unspecified atom stereocenters. The molecule has 0 radical (unpaired) electrons. The summed E-state index contributed by atoms with van der Waals surface area (Å²) in [6.45, 7) is 0. The van der Waals surface area contributed by atoms with E-state index in [9.17, 15) is 8.60 Å². The van der Waals surface area contributed by atoms with Crippen molar-refractivity contribution in [2.75, 3.05) is 17.1 Å². The number of hydrogen-bond acceptors (Lipinski definition) is 6. The quantitative estimate of drug-likeness (QED) is 0.410. The predicted octanol–water partition coefficient (Wildman–Crippen LogP) is 5.72. The van der Waals surface area contributed by atoms with Gasteiger partial charge in [-0.3, -0.25) is 4.72 Å². The van der Waals surface area contributed by atoms with Crippen molar-refractivity contribution in [1.29, 1.82) is 0 Å². The molecule has 1 aliphatic rings. The monoisotopic (exact) mass is 501 g/mol. The van der Waals surface area contributed by atoms with Crippen LogP contribution in [0.5, 0.6) is 5.88 Å². The number of hydrogen-bond donors (Lipinski definition) is 2. The fourth-order valence-electron chi connectivity index (χ4n) is 3.69. The summed E-state index contributed by atoms with van der Waals surface area (Å²) < 4.78 is 35.2. The molecule has 1 atom stereocenters. The second-order valence-corrected chi connectivity index (χ2v) is 9.46. The van der Waals surface area contributed by atoms with Crippen molar-refractivity contribution in [3.63, 3.8) is 0 Å². The van der Waals surface area contributed by atoms with E-state index in [1.165, 1.54) is 32.4 Å². The first-order valence-electron chi connectivity index (χ1n) is 11.0. The second-order valence-electron chi connectivity index (χ2n) is 7.87. The molecule has 2 aromatic heterocycles. The van der Waals surface area contributed by atoms with Crippen molar-refractivity contribution in [3.05, 3.63) is 64.7 Å². The summed E-state index contributed by atoms with van der Waals surface area (Å²) in [5.41, 5.74) is 1.16. The van der Waals surface area contributed by atoms with Crippen LogP contribution in [0.4, 0.5) is 16.2 Å². The van der Waals surface area contributed by atoms with Crippen LogP contribution in [0.15, 0.2) is 47.6 Å². The Hall–Kier alpha value is -3.04. The Labute approximate surface area is 205 Å². The molecule has 0 saturated heterocycles. The van der Waals surface area contributed by atoms with E-state index < -0.39 is 16.8 Å².